The Morgan fingerprint density at radius 1 is 1.21 bits per heavy atom. The van der Waals surface area contributed by atoms with Crippen LogP contribution in [-0.4, -0.2) is 19.3 Å². The van der Waals surface area contributed by atoms with E-state index in [1.165, 1.54) is 0 Å². The van der Waals surface area contributed by atoms with Crippen molar-refractivity contribution in [3.8, 4) is 5.75 Å². The fourth-order valence-electron chi connectivity index (χ4n) is 2.95. The summed E-state index contributed by atoms with van der Waals surface area (Å²) in [5, 5.41) is 2.98. The molecule has 1 aliphatic carbocycles. The maximum Gasteiger partial charge on any atom is 1.00 e. The van der Waals surface area contributed by atoms with Crippen LogP contribution in [0.1, 0.15) is 42.4 Å². The Hall–Kier alpha value is -1.11. The van der Waals surface area contributed by atoms with Gasteiger partial charge in [0.1, 0.15) is 5.75 Å². The summed E-state index contributed by atoms with van der Waals surface area (Å²) in [4.78, 5) is 22.1. The molecule has 28 heavy (non-hydrogen) atoms. The molecule has 3 rings (SSSR count). The number of amides is 1. The molecule has 0 heterocycles. The van der Waals surface area contributed by atoms with E-state index in [9.17, 15) is 9.59 Å². The molecular weight excluding hydrogens is 377 g/mol. The third kappa shape index (κ3) is 7.72. The third-order valence-corrected chi connectivity index (χ3v) is 4.61. The van der Waals surface area contributed by atoms with E-state index in [1.54, 1.807) is 31.6 Å². The van der Waals surface area contributed by atoms with Crippen LogP contribution in [0.4, 0.5) is 5.69 Å². The van der Waals surface area contributed by atoms with E-state index in [4.69, 9.17) is 4.74 Å². The first-order chi connectivity index (χ1) is 13.0. The molecule has 0 unspecified atom stereocenters. The number of hydrogen-bond acceptors (Lipinski definition) is 3. The molecule has 1 N–H and O–H groups in total. The molecule has 4 nitrogen and oxygen atoms in total. The first-order valence-electron chi connectivity index (χ1n) is 9.11. The number of anilines is 1. The normalized spacial score (nSPS) is 13.4. The Bertz CT molecular complexity index is 770. The van der Waals surface area contributed by atoms with Crippen LogP contribution in [0.5, 0.6) is 5.75 Å². The summed E-state index contributed by atoms with van der Waals surface area (Å²) in [6.45, 7) is 5.62. The fourth-order valence-corrected chi connectivity index (χ4v) is 2.95. The Balaban J connectivity index is 0.000000332. The van der Waals surface area contributed by atoms with Crippen molar-refractivity contribution in [3.63, 3.8) is 0 Å². The second kappa shape index (κ2) is 13.2. The summed E-state index contributed by atoms with van der Waals surface area (Å²) in [6.07, 6.45) is 8.08. The van der Waals surface area contributed by atoms with Crippen molar-refractivity contribution in [3.05, 3.63) is 72.5 Å². The van der Waals surface area contributed by atoms with Gasteiger partial charge in [0, 0.05) is 17.7 Å². The summed E-state index contributed by atoms with van der Waals surface area (Å²) in [5.41, 5.74) is 3.16. The van der Waals surface area contributed by atoms with Crippen LogP contribution in [0.3, 0.4) is 0 Å². The van der Waals surface area contributed by atoms with Gasteiger partial charge in [-0.05, 0) is 24.8 Å². The molecule has 0 atom stereocenters. The van der Waals surface area contributed by atoms with Crippen LogP contribution < -0.4 is 61.4 Å². The van der Waals surface area contributed by atoms with Gasteiger partial charge in [-0.2, -0.15) is 12.8 Å². The zero-order valence-electron chi connectivity index (χ0n) is 17.0. The van der Waals surface area contributed by atoms with Gasteiger partial charge in [-0.3, -0.25) is 22.8 Å². The minimum absolute atomic E-state index is 0. The quantitative estimate of drug-likeness (QED) is 0.624. The number of carbonyl (C=O) groups is 1. The van der Waals surface area contributed by atoms with E-state index in [1.807, 2.05) is 31.2 Å². The number of nitrogens with one attached hydrogen (secondary N) is 1. The first-order valence-corrected chi connectivity index (χ1v) is 9.11. The molecule has 0 bridgehead atoms. The largest absolute Gasteiger partial charge is 1.00 e. The van der Waals surface area contributed by atoms with Crippen molar-refractivity contribution in [2.75, 3.05) is 12.4 Å². The van der Waals surface area contributed by atoms with Crippen LogP contribution >= 0.6 is 0 Å². The Kier molecular flexibility index (Phi) is 11.7. The van der Waals surface area contributed by atoms with E-state index in [0.717, 1.165) is 48.2 Å². The molecule has 0 saturated heterocycles. The molecule has 144 valence electrons. The Morgan fingerprint density at radius 2 is 1.89 bits per heavy atom. The molecular formula is C23H26KNO3-2. The maximum atomic E-state index is 12.1. The van der Waals surface area contributed by atoms with Crippen molar-refractivity contribution in [1.82, 2.24) is 0 Å². The predicted octanol–water partition coefficient (Wildman–Crippen LogP) is 1.67. The summed E-state index contributed by atoms with van der Waals surface area (Å²) in [6, 6.07) is 12.9. The van der Waals surface area contributed by atoms with Crippen molar-refractivity contribution in [2.24, 2.45) is 5.92 Å². The van der Waals surface area contributed by atoms with Crippen LogP contribution in [0.25, 0.3) is 0 Å². The maximum absolute atomic E-state index is 12.1. The molecule has 0 aromatic heterocycles. The van der Waals surface area contributed by atoms with Gasteiger partial charge in [-0.25, -0.2) is 12.1 Å². The van der Waals surface area contributed by atoms with Crippen molar-refractivity contribution >= 4 is 17.9 Å². The van der Waals surface area contributed by atoms with Gasteiger partial charge in [0.25, 0.3) is 0 Å². The fraction of sp³-hybridized carbons (Fsp3) is 0.304. The number of rotatable bonds is 4. The van der Waals surface area contributed by atoms with Crippen LogP contribution in [0.15, 0.2) is 42.5 Å². The van der Waals surface area contributed by atoms with Crippen molar-refractivity contribution in [1.29, 1.82) is 0 Å². The number of ether oxygens (including phenoxy) is 1. The molecule has 1 fully saturated rings. The zero-order valence-corrected chi connectivity index (χ0v) is 20.1. The predicted molar refractivity (Wildman–Crippen MR) is 108 cm³/mol. The third-order valence-electron chi connectivity index (χ3n) is 4.61. The minimum Gasteiger partial charge on any atom is -0.496 e. The summed E-state index contributed by atoms with van der Waals surface area (Å²) in [5.74, 6) is 1.10. The van der Waals surface area contributed by atoms with Gasteiger partial charge >= 0.3 is 51.4 Å². The topological polar surface area (TPSA) is 55.4 Å². The Labute approximate surface area is 210 Å². The first kappa shape index (κ1) is 24.9. The molecule has 2 aromatic rings. The van der Waals surface area contributed by atoms with Gasteiger partial charge in [-0.1, -0.05) is 18.9 Å². The SMILES string of the molecule is COc1cc(NC(=O)C2CC[CH-]CC2)ccc1C.[CH2-]c1ccccc1[C-]=O.[K+]. The molecule has 0 aliphatic heterocycles. The van der Waals surface area contributed by atoms with Crippen LogP contribution in [-0.2, 0) is 9.59 Å². The molecule has 1 amide bonds. The second-order valence-electron chi connectivity index (χ2n) is 6.57. The summed E-state index contributed by atoms with van der Waals surface area (Å²) >= 11 is 0. The molecule has 5 heteroatoms. The monoisotopic (exact) mass is 403 g/mol. The van der Waals surface area contributed by atoms with Gasteiger partial charge in [0.15, 0.2) is 0 Å². The zero-order chi connectivity index (χ0) is 19.6. The standard InChI is InChI=1S/C15H20NO2.C8H6O.K/c1-11-8-9-13(10-14(11)18-2)16-15(17)12-6-4-3-5-7-12;1-7-4-2-3-5-8(7)6-9;/h3,8-10,12H,4-7H2,1-2H3,(H,16,17);2-5H,1H2;/q-1;-2;+1. The van der Waals surface area contributed by atoms with E-state index in [2.05, 4.69) is 18.7 Å². The van der Waals surface area contributed by atoms with Crippen molar-refractivity contribution in [2.45, 2.75) is 32.6 Å². The van der Waals surface area contributed by atoms with Gasteiger partial charge in [-0.15, -0.1) is 12.1 Å². The Morgan fingerprint density at radius 3 is 2.46 bits per heavy atom. The number of hydrogen-bond donors (Lipinski definition) is 1. The molecule has 0 spiro atoms. The van der Waals surface area contributed by atoms with E-state index in [0.29, 0.717) is 5.56 Å². The number of methoxy groups -OCH3 is 1. The summed E-state index contributed by atoms with van der Waals surface area (Å²) in [7, 11) is 1.64. The average Bonchev–Trinajstić information content (AvgIpc) is 2.71. The van der Waals surface area contributed by atoms with Crippen LogP contribution in [0, 0.1) is 26.2 Å². The van der Waals surface area contributed by atoms with E-state index < -0.39 is 0 Å². The molecule has 1 saturated carbocycles. The number of benzene rings is 2. The van der Waals surface area contributed by atoms with Gasteiger partial charge in [0.05, 0.1) is 7.11 Å². The average molecular weight is 404 g/mol. The van der Waals surface area contributed by atoms with E-state index in [-0.39, 0.29) is 63.2 Å². The van der Waals surface area contributed by atoms with E-state index >= 15 is 0 Å². The van der Waals surface area contributed by atoms with Crippen molar-refractivity contribution < 1.29 is 65.7 Å². The smallest absolute Gasteiger partial charge is 0.496 e. The summed E-state index contributed by atoms with van der Waals surface area (Å²) < 4.78 is 5.26. The van der Waals surface area contributed by atoms with Gasteiger partial charge in [0.2, 0.25) is 5.91 Å². The molecule has 1 aliphatic rings. The molecule has 2 aromatic carbocycles. The van der Waals surface area contributed by atoms with Crippen LogP contribution in [0.2, 0.25) is 0 Å². The second-order valence-corrected chi connectivity index (χ2v) is 6.57. The number of carbonyl (C=O) groups excluding carboxylic acids is 2. The minimum atomic E-state index is 0. The number of aryl methyl sites for hydroxylation is 1. The molecule has 0 radical (unpaired) electrons. The van der Waals surface area contributed by atoms with Gasteiger partial charge < -0.3 is 21.3 Å².